The van der Waals surface area contributed by atoms with Crippen molar-refractivity contribution in [2.45, 2.75) is 25.5 Å². The van der Waals surface area contributed by atoms with Gasteiger partial charge in [-0.25, -0.2) is 0 Å². The minimum absolute atomic E-state index is 0.0112. The van der Waals surface area contributed by atoms with E-state index in [2.05, 4.69) is 6.58 Å². The van der Waals surface area contributed by atoms with Gasteiger partial charge in [0, 0.05) is 12.1 Å². The molecule has 22 heavy (non-hydrogen) atoms. The monoisotopic (exact) mass is 300 g/mol. The van der Waals surface area contributed by atoms with Crippen LogP contribution in [0.15, 0.2) is 54.8 Å². The summed E-state index contributed by atoms with van der Waals surface area (Å²) in [5, 5.41) is 0. The summed E-state index contributed by atoms with van der Waals surface area (Å²) < 4.78 is 5.50. The largest absolute Gasteiger partial charge is 0.485 e. The molecule has 116 valence electrons. The van der Waals surface area contributed by atoms with Gasteiger partial charge in [-0.2, -0.15) is 0 Å². The highest BCUT2D eigenvalue weighted by molar-refractivity contribution is 6.06. The Kier molecular flexibility index (Phi) is 5.49. The van der Waals surface area contributed by atoms with Gasteiger partial charge in [-0.05, 0) is 24.5 Å². The van der Waals surface area contributed by atoms with Crippen molar-refractivity contribution in [3.8, 4) is 0 Å². The lowest BCUT2D eigenvalue weighted by atomic mass is 10.2. The zero-order valence-electron chi connectivity index (χ0n) is 12.4. The summed E-state index contributed by atoms with van der Waals surface area (Å²) in [6, 6.07) is 9.61. The minimum atomic E-state index is -0.419. The Balaban J connectivity index is 2.07. The van der Waals surface area contributed by atoms with Crippen molar-refractivity contribution in [1.82, 2.24) is 4.90 Å². The lowest BCUT2D eigenvalue weighted by molar-refractivity contribution is -0.127. The summed E-state index contributed by atoms with van der Waals surface area (Å²) >= 11 is 0. The van der Waals surface area contributed by atoms with Gasteiger partial charge in [-0.3, -0.25) is 9.59 Å². The van der Waals surface area contributed by atoms with Crippen LogP contribution in [0, 0.1) is 0 Å². The fourth-order valence-corrected chi connectivity index (χ4v) is 2.02. The van der Waals surface area contributed by atoms with E-state index in [1.165, 1.54) is 6.08 Å². The summed E-state index contributed by atoms with van der Waals surface area (Å²) in [6.45, 7) is 3.78. The second-order valence-corrected chi connectivity index (χ2v) is 5.07. The number of rotatable bonds is 8. The molecule has 1 aliphatic carbocycles. The van der Waals surface area contributed by atoms with Gasteiger partial charge < -0.3 is 15.4 Å². The highest BCUT2D eigenvalue weighted by Crippen LogP contribution is 2.26. The first-order chi connectivity index (χ1) is 10.7. The van der Waals surface area contributed by atoms with E-state index >= 15 is 0 Å². The van der Waals surface area contributed by atoms with Crippen molar-refractivity contribution < 1.29 is 14.3 Å². The zero-order valence-corrected chi connectivity index (χ0v) is 12.4. The van der Waals surface area contributed by atoms with Gasteiger partial charge in [0.05, 0.1) is 6.67 Å². The molecule has 5 heteroatoms. The highest BCUT2D eigenvalue weighted by atomic mass is 16.5. The first kappa shape index (κ1) is 16.0. The number of hydrogen-bond donors (Lipinski definition) is 1. The fraction of sp³-hybridized carbons (Fsp3) is 0.294. The van der Waals surface area contributed by atoms with Gasteiger partial charge in [-0.1, -0.05) is 36.9 Å². The molecule has 0 bridgehead atoms. The molecule has 2 rings (SSSR count). The molecule has 1 aromatic carbocycles. The minimum Gasteiger partial charge on any atom is -0.485 e. The third kappa shape index (κ3) is 4.30. The quantitative estimate of drug-likeness (QED) is 0.451. The van der Waals surface area contributed by atoms with Gasteiger partial charge in [-0.15, -0.1) is 0 Å². The number of ketones is 1. The lowest BCUT2D eigenvalue weighted by Crippen LogP contribution is -2.37. The summed E-state index contributed by atoms with van der Waals surface area (Å²) in [7, 11) is 0. The second kappa shape index (κ2) is 7.56. The van der Waals surface area contributed by atoms with Crippen molar-refractivity contribution >= 4 is 11.7 Å². The molecule has 5 nitrogen and oxygen atoms in total. The topological polar surface area (TPSA) is 72.6 Å². The van der Waals surface area contributed by atoms with Crippen molar-refractivity contribution in [3.05, 3.63) is 60.4 Å². The van der Waals surface area contributed by atoms with Crippen LogP contribution in [0.4, 0.5) is 0 Å². The van der Waals surface area contributed by atoms with E-state index in [4.69, 9.17) is 10.5 Å². The van der Waals surface area contributed by atoms with E-state index in [9.17, 15) is 9.59 Å². The van der Waals surface area contributed by atoms with Crippen LogP contribution in [0.25, 0.3) is 0 Å². The van der Waals surface area contributed by atoms with Crippen LogP contribution in [0.2, 0.25) is 0 Å². The third-order valence-electron chi connectivity index (χ3n) is 3.39. The number of amides is 1. The van der Waals surface area contributed by atoms with E-state index < -0.39 is 5.78 Å². The van der Waals surface area contributed by atoms with Crippen LogP contribution in [0.1, 0.15) is 18.4 Å². The van der Waals surface area contributed by atoms with Crippen LogP contribution in [0.3, 0.4) is 0 Å². The Morgan fingerprint density at radius 1 is 1.32 bits per heavy atom. The molecular formula is C17H20N2O3. The van der Waals surface area contributed by atoms with E-state index in [1.54, 1.807) is 4.90 Å². The number of ether oxygens (including phenoxy) is 1. The molecule has 0 radical (unpaired) electrons. The van der Waals surface area contributed by atoms with E-state index in [0.29, 0.717) is 0 Å². The number of allylic oxidation sites excluding steroid dienone is 1. The molecule has 1 saturated carbocycles. The fourth-order valence-electron chi connectivity index (χ4n) is 2.02. The Morgan fingerprint density at radius 3 is 2.55 bits per heavy atom. The van der Waals surface area contributed by atoms with Gasteiger partial charge in [0.15, 0.2) is 5.76 Å². The Hall–Kier alpha value is -2.40. The highest BCUT2D eigenvalue weighted by Gasteiger charge is 2.31. The molecule has 1 aromatic rings. The van der Waals surface area contributed by atoms with E-state index in [1.807, 2.05) is 30.3 Å². The summed E-state index contributed by atoms with van der Waals surface area (Å²) in [5.41, 5.74) is 6.51. The molecule has 0 atom stereocenters. The molecule has 1 amide bonds. The number of carbonyl (C=O) groups excluding carboxylic acids is 2. The molecule has 0 saturated heterocycles. The first-order valence-electron chi connectivity index (χ1n) is 7.21. The Labute approximate surface area is 130 Å². The normalized spacial score (nSPS) is 14.3. The standard InChI is InChI=1S/C17H20N2O3/c1-2-15(20)16(22-11-13-6-4-3-5-7-13)10-17(21)19(12-18)14-8-9-14/h2-7,10,14H,1,8-9,11-12,18H2/b16-10-. The molecule has 1 aliphatic rings. The summed E-state index contributed by atoms with van der Waals surface area (Å²) in [5.74, 6) is -0.733. The van der Waals surface area contributed by atoms with Gasteiger partial charge >= 0.3 is 0 Å². The molecule has 0 unspecified atom stereocenters. The summed E-state index contributed by atoms with van der Waals surface area (Å²) in [6.07, 6.45) is 4.24. The van der Waals surface area contributed by atoms with Crippen molar-refractivity contribution in [2.24, 2.45) is 5.73 Å². The van der Waals surface area contributed by atoms with Gasteiger partial charge in [0.1, 0.15) is 6.61 Å². The molecule has 0 aliphatic heterocycles. The SMILES string of the molecule is C=CC(=O)/C(=C/C(=O)N(CN)C1CC1)OCc1ccccc1. The Bertz CT molecular complexity index is 577. The van der Waals surface area contributed by atoms with Crippen molar-refractivity contribution in [3.63, 3.8) is 0 Å². The van der Waals surface area contributed by atoms with Gasteiger partial charge in [0.25, 0.3) is 5.91 Å². The van der Waals surface area contributed by atoms with Crippen molar-refractivity contribution in [1.29, 1.82) is 0 Å². The number of nitrogens with two attached hydrogens (primary N) is 1. The predicted molar refractivity (Wildman–Crippen MR) is 83.4 cm³/mol. The predicted octanol–water partition coefficient (Wildman–Crippen LogP) is 1.75. The maximum absolute atomic E-state index is 12.2. The number of benzene rings is 1. The van der Waals surface area contributed by atoms with Gasteiger partial charge in [0.2, 0.25) is 5.78 Å². The van der Waals surface area contributed by atoms with Crippen LogP contribution >= 0.6 is 0 Å². The maximum atomic E-state index is 12.2. The average molecular weight is 300 g/mol. The molecule has 0 heterocycles. The van der Waals surface area contributed by atoms with Crippen LogP contribution in [-0.2, 0) is 20.9 Å². The Morgan fingerprint density at radius 2 is 2.00 bits per heavy atom. The number of hydrogen-bond acceptors (Lipinski definition) is 4. The van der Waals surface area contributed by atoms with E-state index in [-0.39, 0.29) is 31.0 Å². The molecule has 2 N–H and O–H groups in total. The molecule has 0 spiro atoms. The summed E-state index contributed by atoms with van der Waals surface area (Å²) in [4.78, 5) is 25.6. The van der Waals surface area contributed by atoms with Crippen LogP contribution < -0.4 is 5.73 Å². The zero-order chi connectivity index (χ0) is 15.9. The molecule has 1 fully saturated rings. The smallest absolute Gasteiger partial charge is 0.251 e. The number of nitrogens with zero attached hydrogens (tertiary/aromatic N) is 1. The maximum Gasteiger partial charge on any atom is 0.251 e. The average Bonchev–Trinajstić information content (AvgIpc) is 3.37. The second-order valence-electron chi connectivity index (χ2n) is 5.07. The van der Waals surface area contributed by atoms with Crippen molar-refractivity contribution in [2.75, 3.05) is 6.67 Å². The third-order valence-corrected chi connectivity index (χ3v) is 3.39. The van der Waals surface area contributed by atoms with E-state index in [0.717, 1.165) is 24.5 Å². The first-order valence-corrected chi connectivity index (χ1v) is 7.21. The van der Waals surface area contributed by atoms with Crippen LogP contribution in [-0.4, -0.2) is 29.3 Å². The van der Waals surface area contributed by atoms with Crippen LogP contribution in [0.5, 0.6) is 0 Å². The lowest BCUT2D eigenvalue weighted by Gasteiger charge is -2.18. The molecular weight excluding hydrogens is 280 g/mol. The molecule has 0 aromatic heterocycles. The number of carbonyl (C=O) groups is 2.